The van der Waals surface area contributed by atoms with Crippen LogP contribution >= 0.6 is 24.0 Å². The Morgan fingerprint density at radius 3 is 2.42 bits per heavy atom. The smallest absolute Gasteiger partial charge is 0.239 e. The molecule has 0 fully saturated rings. The van der Waals surface area contributed by atoms with Crippen molar-refractivity contribution < 1.29 is 9.59 Å². The Hall–Kier alpha value is -1.30. The first-order valence-corrected chi connectivity index (χ1v) is 8.07. The van der Waals surface area contributed by atoms with Gasteiger partial charge in [0.15, 0.2) is 0 Å². The van der Waals surface area contributed by atoms with Gasteiger partial charge in [0.25, 0.3) is 0 Å². The van der Waals surface area contributed by atoms with Crippen molar-refractivity contribution >= 4 is 35.8 Å². The minimum Gasteiger partial charge on any atom is -0.354 e. The van der Waals surface area contributed by atoms with E-state index in [1.165, 1.54) is 0 Å². The number of nitrogens with two attached hydrogens (primary N) is 1. The van der Waals surface area contributed by atoms with E-state index < -0.39 is 6.04 Å². The molecule has 0 unspecified atom stereocenters. The molecule has 0 spiro atoms. The number of amides is 2. The second kappa shape index (κ2) is 9.87. The normalized spacial score (nSPS) is 12.3. The number of benzene rings is 1. The maximum absolute atomic E-state index is 11.9. The zero-order valence-corrected chi connectivity index (χ0v) is 16.1. The monoisotopic (exact) mass is 375 g/mol. The summed E-state index contributed by atoms with van der Waals surface area (Å²) in [7, 11) is 0. The van der Waals surface area contributed by atoms with Gasteiger partial charge in [0.05, 0.1) is 12.6 Å². The molecule has 0 radical (unpaired) electrons. The van der Waals surface area contributed by atoms with Crippen molar-refractivity contribution in [2.75, 3.05) is 13.1 Å². The lowest BCUT2D eigenvalue weighted by Crippen LogP contribution is -2.48. The molecule has 136 valence electrons. The first-order valence-electron chi connectivity index (χ1n) is 7.69. The van der Waals surface area contributed by atoms with Crippen molar-refractivity contribution in [3.63, 3.8) is 0 Å². The molecule has 0 aliphatic carbocycles. The van der Waals surface area contributed by atoms with Crippen molar-refractivity contribution in [2.24, 2.45) is 11.7 Å². The summed E-state index contributed by atoms with van der Waals surface area (Å²) in [5.74, 6) is -0.534. The molecule has 0 bridgehead atoms. The number of hydrogen-bond donors (Lipinski definition) is 3. The zero-order valence-electron chi connectivity index (χ0n) is 14.6. The van der Waals surface area contributed by atoms with Crippen molar-refractivity contribution in [3.8, 4) is 0 Å². The highest BCUT2D eigenvalue weighted by atomic mass is 35.5. The molecule has 0 saturated heterocycles. The fourth-order valence-corrected chi connectivity index (χ4v) is 2.17. The largest absolute Gasteiger partial charge is 0.354 e. The summed E-state index contributed by atoms with van der Waals surface area (Å²) in [5, 5.41) is 6.04. The molecule has 7 heteroatoms. The molecule has 0 aliphatic heterocycles. The van der Waals surface area contributed by atoms with Crippen molar-refractivity contribution in [1.82, 2.24) is 10.6 Å². The van der Waals surface area contributed by atoms with Gasteiger partial charge < -0.3 is 16.4 Å². The molecule has 0 heterocycles. The van der Waals surface area contributed by atoms with Crippen LogP contribution < -0.4 is 16.4 Å². The lowest BCUT2D eigenvalue weighted by molar-refractivity contribution is -0.127. The molecule has 1 aromatic rings. The Labute approximate surface area is 155 Å². The molecule has 1 atom stereocenters. The third-order valence-corrected chi connectivity index (χ3v) is 4.01. The number of carbonyl (C=O) groups is 2. The van der Waals surface area contributed by atoms with Crippen LogP contribution in [0, 0.1) is 5.92 Å². The number of rotatable bonds is 7. The zero-order chi connectivity index (χ0) is 17.6. The Kier molecular flexibility index (Phi) is 9.33. The summed E-state index contributed by atoms with van der Waals surface area (Å²) in [6.07, 6.45) is 0. The number of halogens is 2. The topological polar surface area (TPSA) is 84.2 Å². The van der Waals surface area contributed by atoms with Crippen LogP contribution in [0.25, 0.3) is 0 Å². The average Bonchev–Trinajstić information content (AvgIpc) is 2.49. The second-order valence-electron chi connectivity index (χ2n) is 6.66. The Morgan fingerprint density at radius 1 is 1.25 bits per heavy atom. The maximum Gasteiger partial charge on any atom is 0.239 e. The summed E-state index contributed by atoms with van der Waals surface area (Å²) in [6, 6.07) is 6.95. The van der Waals surface area contributed by atoms with Crippen LogP contribution in [-0.4, -0.2) is 30.9 Å². The molecule has 2 amide bonds. The third kappa shape index (κ3) is 7.07. The van der Waals surface area contributed by atoms with Gasteiger partial charge in [-0.3, -0.25) is 9.59 Å². The second-order valence-corrected chi connectivity index (χ2v) is 7.10. The van der Waals surface area contributed by atoms with E-state index in [0.29, 0.717) is 11.6 Å². The Morgan fingerprint density at radius 2 is 1.88 bits per heavy atom. The molecular weight excluding hydrogens is 349 g/mol. The number of nitrogens with one attached hydrogen (secondary N) is 2. The highest BCUT2D eigenvalue weighted by Crippen LogP contribution is 2.24. The van der Waals surface area contributed by atoms with E-state index in [1.807, 2.05) is 52.0 Å². The van der Waals surface area contributed by atoms with Crippen LogP contribution in [0.3, 0.4) is 0 Å². The Bertz CT molecular complexity index is 563. The van der Waals surface area contributed by atoms with E-state index in [-0.39, 0.29) is 42.1 Å². The minimum atomic E-state index is -0.606. The summed E-state index contributed by atoms with van der Waals surface area (Å²) >= 11 is 6.01. The van der Waals surface area contributed by atoms with Crippen LogP contribution in [-0.2, 0) is 15.0 Å². The van der Waals surface area contributed by atoms with E-state index in [1.54, 1.807) is 0 Å². The van der Waals surface area contributed by atoms with Crippen molar-refractivity contribution in [1.29, 1.82) is 0 Å². The Balaban J connectivity index is 0.00000529. The quantitative estimate of drug-likeness (QED) is 0.683. The first-order chi connectivity index (χ1) is 10.6. The summed E-state index contributed by atoms with van der Waals surface area (Å²) < 4.78 is 0. The van der Waals surface area contributed by atoms with Crippen LogP contribution in [0.2, 0.25) is 5.02 Å². The highest BCUT2D eigenvalue weighted by molar-refractivity contribution is 6.30. The van der Waals surface area contributed by atoms with Gasteiger partial charge in [-0.05, 0) is 23.6 Å². The fourth-order valence-electron chi connectivity index (χ4n) is 1.98. The maximum atomic E-state index is 11.9. The summed E-state index contributed by atoms with van der Waals surface area (Å²) in [4.78, 5) is 23.6. The van der Waals surface area contributed by atoms with Crippen LogP contribution in [0.15, 0.2) is 24.3 Å². The van der Waals surface area contributed by atoms with Gasteiger partial charge in [0, 0.05) is 17.0 Å². The van der Waals surface area contributed by atoms with Gasteiger partial charge in [0.1, 0.15) is 0 Å². The molecule has 0 aromatic heterocycles. The van der Waals surface area contributed by atoms with Crippen LogP contribution in [0.5, 0.6) is 0 Å². The predicted octanol–water partition coefficient (Wildman–Crippen LogP) is 2.26. The molecule has 1 aromatic carbocycles. The summed E-state index contributed by atoms with van der Waals surface area (Å²) in [6.45, 7) is 8.12. The molecule has 5 nitrogen and oxygen atoms in total. The minimum absolute atomic E-state index is 0. The number of carbonyl (C=O) groups excluding carboxylic acids is 2. The van der Waals surface area contributed by atoms with E-state index in [0.717, 1.165) is 5.56 Å². The molecule has 0 aliphatic rings. The van der Waals surface area contributed by atoms with E-state index in [2.05, 4.69) is 10.6 Å². The molecular formula is C17H27Cl2N3O2. The van der Waals surface area contributed by atoms with Gasteiger partial charge >= 0.3 is 0 Å². The van der Waals surface area contributed by atoms with Crippen LogP contribution in [0.1, 0.15) is 33.3 Å². The van der Waals surface area contributed by atoms with Gasteiger partial charge in [-0.1, -0.05) is 51.4 Å². The third-order valence-electron chi connectivity index (χ3n) is 3.78. The molecule has 0 saturated carbocycles. The predicted molar refractivity (Wildman–Crippen MR) is 101 cm³/mol. The van der Waals surface area contributed by atoms with Gasteiger partial charge in [-0.2, -0.15) is 0 Å². The highest BCUT2D eigenvalue weighted by Gasteiger charge is 2.22. The molecule has 24 heavy (non-hydrogen) atoms. The van der Waals surface area contributed by atoms with Crippen LogP contribution in [0.4, 0.5) is 0 Å². The van der Waals surface area contributed by atoms with E-state index in [4.69, 9.17) is 17.3 Å². The molecule has 1 rings (SSSR count). The van der Waals surface area contributed by atoms with Gasteiger partial charge in [-0.25, -0.2) is 0 Å². The lowest BCUT2D eigenvalue weighted by Gasteiger charge is -2.26. The fraction of sp³-hybridized carbons (Fsp3) is 0.529. The standard InChI is InChI=1S/C17H26ClN3O2.ClH/c1-11(2)15(19)16(23)20-9-14(22)21-10-17(3,4)12-6-5-7-13(18)8-12;/h5-8,11,15H,9-10,19H2,1-4H3,(H,20,23)(H,21,22);1H/t15-;/m0./s1. The van der Waals surface area contributed by atoms with Gasteiger partial charge in [0.2, 0.25) is 11.8 Å². The average molecular weight is 376 g/mol. The van der Waals surface area contributed by atoms with Crippen molar-refractivity contribution in [3.05, 3.63) is 34.9 Å². The lowest BCUT2D eigenvalue weighted by atomic mass is 9.84. The number of hydrogen-bond acceptors (Lipinski definition) is 3. The molecule has 4 N–H and O–H groups in total. The van der Waals surface area contributed by atoms with E-state index >= 15 is 0 Å². The van der Waals surface area contributed by atoms with E-state index in [9.17, 15) is 9.59 Å². The van der Waals surface area contributed by atoms with Crippen molar-refractivity contribution in [2.45, 2.75) is 39.2 Å². The first kappa shape index (κ1) is 22.7. The SMILES string of the molecule is CC(C)[C@H](N)C(=O)NCC(=O)NCC(C)(C)c1cccc(Cl)c1.Cl. The van der Waals surface area contributed by atoms with Gasteiger partial charge in [-0.15, -0.1) is 12.4 Å². The summed E-state index contributed by atoms with van der Waals surface area (Å²) in [5.41, 5.74) is 6.50.